The van der Waals surface area contributed by atoms with E-state index in [4.69, 9.17) is 9.84 Å². The molecular formula is C13H22N2O5. The first kappa shape index (κ1) is 16.4. The number of urea groups is 1. The summed E-state index contributed by atoms with van der Waals surface area (Å²) in [7, 11) is 0. The first-order valence-corrected chi connectivity index (χ1v) is 6.74. The Morgan fingerprint density at radius 1 is 1.35 bits per heavy atom. The highest BCUT2D eigenvalue weighted by Gasteiger charge is 2.30. The number of hydrogen-bond donors (Lipinski definition) is 3. The molecule has 1 rings (SSSR count). The van der Waals surface area contributed by atoms with Crippen molar-refractivity contribution in [3.63, 3.8) is 0 Å². The summed E-state index contributed by atoms with van der Waals surface area (Å²) in [5, 5.41) is 13.4. The number of ether oxygens (including phenoxy) is 1. The van der Waals surface area contributed by atoms with Crippen LogP contribution in [-0.4, -0.2) is 41.8 Å². The third-order valence-electron chi connectivity index (χ3n) is 3.23. The van der Waals surface area contributed by atoms with Crippen molar-refractivity contribution in [3.05, 3.63) is 0 Å². The molecule has 0 aromatic carbocycles. The predicted octanol–water partition coefficient (Wildman–Crippen LogP) is 0.882. The van der Waals surface area contributed by atoms with Gasteiger partial charge in [-0.2, -0.15) is 0 Å². The normalized spacial score (nSPS) is 23.1. The molecule has 0 aliphatic carbocycles. The fraction of sp³-hybridized carbons (Fsp3) is 0.769. The highest BCUT2D eigenvalue weighted by atomic mass is 16.5. The molecule has 0 bridgehead atoms. The van der Waals surface area contributed by atoms with Crippen LogP contribution < -0.4 is 10.6 Å². The molecular weight excluding hydrogens is 264 g/mol. The highest BCUT2D eigenvalue weighted by Crippen LogP contribution is 2.23. The van der Waals surface area contributed by atoms with Crippen LogP contribution in [-0.2, 0) is 14.3 Å². The molecule has 7 heteroatoms. The second kappa shape index (κ2) is 7.23. The van der Waals surface area contributed by atoms with Gasteiger partial charge in [0.2, 0.25) is 5.91 Å². The molecule has 0 aromatic heterocycles. The zero-order valence-corrected chi connectivity index (χ0v) is 11.9. The molecule has 0 saturated carbocycles. The van der Waals surface area contributed by atoms with E-state index in [0.717, 1.165) is 12.8 Å². The number of rotatable bonds is 6. The molecule has 0 spiro atoms. The van der Waals surface area contributed by atoms with Gasteiger partial charge < -0.3 is 15.2 Å². The summed E-state index contributed by atoms with van der Waals surface area (Å²) < 4.78 is 5.51. The standard InChI is InChI=1S/C13H22N2O5/c1-9(7-11(17)18)6-10(16)15-12(19)14-8-13(2)4-3-5-20-13/h9H,3-8H2,1-2H3,(H,17,18)(H2,14,15,16,19). The molecule has 0 aromatic rings. The summed E-state index contributed by atoms with van der Waals surface area (Å²) in [5.41, 5.74) is -0.364. The SMILES string of the molecule is CC(CC(=O)O)CC(=O)NC(=O)NCC1(C)CCCO1. The van der Waals surface area contributed by atoms with Crippen LogP contribution in [0.1, 0.15) is 39.5 Å². The molecule has 1 aliphatic heterocycles. The number of amides is 3. The molecule has 3 amide bonds. The lowest BCUT2D eigenvalue weighted by molar-refractivity contribution is -0.138. The molecule has 1 aliphatic rings. The largest absolute Gasteiger partial charge is 0.481 e. The van der Waals surface area contributed by atoms with Crippen molar-refractivity contribution in [2.45, 2.75) is 45.1 Å². The molecule has 1 fully saturated rings. The molecule has 114 valence electrons. The summed E-state index contributed by atoms with van der Waals surface area (Å²) in [6.07, 6.45) is 1.75. The number of carboxylic acid groups (broad SMARTS) is 1. The smallest absolute Gasteiger partial charge is 0.321 e. The number of aliphatic carboxylic acids is 1. The fourth-order valence-corrected chi connectivity index (χ4v) is 2.15. The predicted molar refractivity (Wildman–Crippen MR) is 71.2 cm³/mol. The zero-order valence-electron chi connectivity index (χ0n) is 11.9. The van der Waals surface area contributed by atoms with Gasteiger partial charge in [-0.15, -0.1) is 0 Å². The summed E-state index contributed by atoms with van der Waals surface area (Å²) in [5.74, 6) is -1.74. The van der Waals surface area contributed by atoms with Crippen LogP contribution in [0.5, 0.6) is 0 Å². The van der Waals surface area contributed by atoms with Crippen molar-refractivity contribution in [2.75, 3.05) is 13.2 Å². The summed E-state index contributed by atoms with van der Waals surface area (Å²) in [6, 6.07) is -0.575. The van der Waals surface area contributed by atoms with Crippen LogP contribution in [0.2, 0.25) is 0 Å². The maximum absolute atomic E-state index is 11.5. The van der Waals surface area contributed by atoms with E-state index in [9.17, 15) is 14.4 Å². The van der Waals surface area contributed by atoms with Gasteiger partial charge in [0, 0.05) is 26.0 Å². The Morgan fingerprint density at radius 3 is 2.60 bits per heavy atom. The van der Waals surface area contributed by atoms with Gasteiger partial charge in [-0.3, -0.25) is 14.9 Å². The zero-order chi connectivity index (χ0) is 15.2. The van der Waals surface area contributed by atoms with Gasteiger partial charge in [0.1, 0.15) is 0 Å². The summed E-state index contributed by atoms with van der Waals surface area (Å²) >= 11 is 0. The Labute approximate surface area is 118 Å². The molecule has 1 saturated heterocycles. The summed E-state index contributed by atoms with van der Waals surface area (Å²) in [4.78, 5) is 33.5. The van der Waals surface area contributed by atoms with Gasteiger partial charge >= 0.3 is 12.0 Å². The first-order valence-electron chi connectivity index (χ1n) is 6.74. The number of hydrogen-bond acceptors (Lipinski definition) is 4. The molecule has 2 atom stereocenters. The Bertz CT molecular complexity index is 377. The Balaban J connectivity index is 2.24. The number of nitrogens with one attached hydrogen (secondary N) is 2. The minimum Gasteiger partial charge on any atom is -0.481 e. The van der Waals surface area contributed by atoms with Gasteiger partial charge in [-0.25, -0.2) is 4.79 Å². The minimum absolute atomic E-state index is 0.00743. The number of carbonyl (C=O) groups excluding carboxylic acids is 2. The Hall–Kier alpha value is -1.63. The van der Waals surface area contributed by atoms with Crippen molar-refractivity contribution >= 4 is 17.9 Å². The van der Waals surface area contributed by atoms with Gasteiger partial charge in [0.25, 0.3) is 0 Å². The van der Waals surface area contributed by atoms with Crippen LogP contribution in [0.15, 0.2) is 0 Å². The van der Waals surface area contributed by atoms with E-state index >= 15 is 0 Å². The van der Waals surface area contributed by atoms with Crippen LogP contribution in [0.3, 0.4) is 0 Å². The van der Waals surface area contributed by atoms with Crippen LogP contribution in [0.4, 0.5) is 4.79 Å². The van der Waals surface area contributed by atoms with Gasteiger partial charge in [0.15, 0.2) is 0 Å². The lowest BCUT2D eigenvalue weighted by Gasteiger charge is -2.23. The van der Waals surface area contributed by atoms with E-state index in [1.54, 1.807) is 6.92 Å². The van der Waals surface area contributed by atoms with Crippen molar-refractivity contribution in [2.24, 2.45) is 5.92 Å². The number of carbonyl (C=O) groups is 3. The highest BCUT2D eigenvalue weighted by molar-refractivity contribution is 5.94. The van der Waals surface area contributed by atoms with Gasteiger partial charge in [-0.05, 0) is 25.7 Å². The van der Waals surface area contributed by atoms with E-state index in [1.807, 2.05) is 6.92 Å². The van der Waals surface area contributed by atoms with Crippen LogP contribution >= 0.6 is 0 Å². The van der Waals surface area contributed by atoms with E-state index in [2.05, 4.69) is 10.6 Å². The fourth-order valence-electron chi connectivity index (χ4n) is 2.15. The van der Waals surface area contributed by atoms with Gasteiger partial charge in [-0.1, -0.05) is 6.92 Å². The number of imide groups is 1. The van der Waals surface area contributed by atoms with Crippen LogP contribution in [0.25, 0.3) is 0 Å². The molecule has 7 nitrogen and oxygen atoms in total. The lowest BCUT2D eigenvalue weighted by Crippen LogP contribution is -2.46. The second-order valence-electron chi connectivity index (χ2n) is 5.54. The van der Waals surface area contributed by atoms with E-state index in [1.165, 1.54) is 0 Å². The molecule has 20 heavy (non-hydrogen) atoms. The average Bonchev–Trinajstić information content (AvgIpc) is 2.72. The average molecular weight is 286 g/mol. The topological polar surface area (TPSA) is 105 Å². The van der Waals surface area contributed by atoms with Crippen molar-refractivity contribution in [3.8, 4) is 0 Å². The van der Waals surface area contributed by atoms with E-state index in [0.29, 0.717) is 13.2 Å². The lowest BCUT2D eigenvalue weighted by atomic mass is 10.0. The van der Waals surface area contributed by atoms with Gasteiger partial charge in [0.05, 0.1) is 5.60 Å². The maximum Gasteiger partial charge on any atom is 0.321 e. The van der Waals surface area contributed by atoms with Crippen molar-refractivity contribution in [1.29, 1.82) is 0 Å². The maximum atomic E-state index is 11.5. The monoisotopic (exact) mass is 286 g/mol. The Kier molecular flexibility index (Phi) is 5.94. The molecule has 1 heterocycles. The third-order valence-corrected chi connectivity index (χ3v) is 3.23. The Morgan fingerprint density at radius 2 is 2.05 bits per heavy atom. The second-order valence-corrected chi connectivity index (χ2v) is 5.54. The van der Waals surface area contributed by atoms with E-state index < -0.39 is 17.9 Å². The third kappa shape index (κ3) is 6.01. The quantitative estimate of drug-likeness (QED) is 0.672. The summed E-state index contributed by atoms with van der Waals surface area (Å²) in [6.45, 7) is 4.60. The molecule has 0 radical (unpaired) electrons. The molecule has 3 N–H and O–H groups in total. The van der Waals surface area contributed by atoms with E-state index in [-0.39, 0.29) is 24.4 Å². The molecule has 2 unspecified atom stereocenters. The van der Waals surface area contributed by atoms with Crippen molar-refractivity contribution < 1.29 is 24.2 Å². The minimum atomic E-state index is -0.957. The van der Waals surface area contributed by atoms with Crippen LogP contribution in [0, 0.1) is 5.92 Å². The first-order chi connectivity index (χ1) is 9.31. The number of carboxylic acids is 1. The van der Waals surface area contributed by atoms with Crippen molar-refractivity contribution in [1.82, 2.24) is 10.6 Å².